The van der Waals surface area contributed by atoms with Crippen molar-refractivity contribution in [1.29, 1.82) is 0 Å². The predicted octanol–water partition coefficient (Wildman–Crippen LogP) is 1.72. The summed E-state index contributed by atoms with van der Waals surface area (Å²) in [4.78, 5) is 13.0. The fourth-order valence-electron chi connectivity index (χ4n) is 1.48. The van der Waals surface area contributed by atoms with Gasteiger partial charge in [0.05, 0.1) is 16.9 Å². The Balaban J connectivity index is 2.56. The van der Waals surface area contributed by atoms with Crippen LogP contribution in [0, 0.1) is 0 Å². The number of nitrogens with one attached hydrogen (secondary N) is 1. The molecule has 0 saturated carbocycles. The van der Waals surface area contributed by atoms with E-state index in [0.29, 0.717) is 11.7 Å². The predicted molar refractivity (Wildman–Crippen MR) is 74.1 cm³/mol. The molecule has 0 fully saturated rings. The fraction of sp³-hybridized carbons (Fsp3) is 0.462. The minimum absolute atomic E-state index is 0.206. The third kappa shape index (κ3) is 3.92. The third-order valence-electron chi connectivity index (χ3n) is 2.96. The number of likely N-dealkylation sites (N-methyl/N-ethyl adjacent to an activating group) is 1. The SMILES string of the molecule is CC(C)N(C)CCNc1ccc(C(=O)O)cc1N. The second-order valence-corrected chi connectivity index (χ2v) is 4.61. The van der Waals surface area contributed by atoms with E-state index in [9.17, 15) is 4.79 Å². The molecule has 4 N–H and O–H groups in total. The Labute approximate surface area is 108 Å². The van der Waals surface area contributed by atoms with E-state index in [4.69, 9.17) is 10.8 Å². The lowest BCUT2D eigenvalue weighted by atomic mass is 10.1. The molecule has 18 heavy (non-hydrogen) atoms. The minimum atomic E-state index is -0.965. The van der Waals surface area contributed by atoms with E-state index in [1.54, 1.807) is 12.1 Å². The summed E-state index contributed by atoms with van der Waals surface area (Å²) in [6.07, 6.45) is 0. The summed E-state index contributed by atoms with van der Waals surface area (Å²) < 4.78 is 0. The Hall–Kier alpha value is -1.75. The lowest BCUT2D eigenvalue weighted by Crippen LogP contribution is -2.31. The zero-order valence-electron chi connectivity index (χ0n) is 11.1. The lowest BCUT2D eigenvalue weighted by Gasteiger charge is -2.21. The monoisotopic (exact) mass is 251 g/mol. The summed E-state index contributed by atoms with van der Waals surface area (Å²) in [7, 11) is 2.06. The first-order chi connectivity index (χ1) is 8.41. The number of aromatic carboxylic acids is 1. The number of nitrogens with two attached hydrogens (primary N) is 1. The summed E-state index contributed by atoms with van der Waals surface area (Å²) in [6.45, 7) is 5.94. The Kier molecular flexibility index (Phi) is 4.97. The van der Waals surface area contributed by atoms with E-state index in [0.717, 1.165) is 18.8 Å². The maximum Gasteiger partial charge on any atom is 0.335 e. The minimum Gasteiger partial charge on any atom is -0.478 e. The highest BCUT2D eigenvalue weighted by molar-refractivity contribution is 5.90. The van der Waals surface area contributed by atoms with Gasteiger partial charge in [-0.25, -0.2) is 4.79 Å². The number of rotatable bonds is 6. The van der Waals surface area contributed by atoms with E-state index < -0.39 is 5.97 Å². The van der Waals surface area contributed by atoms with Crippen LogP contribution in [0.4, 0.5) is 11.4 Å². The first-order valence-electron chi connectivity index (χ1n) is 5.98. The fourth-order valence-corrected chi connectivity index (χ4v) is 1.48. The van der Waals surface area contributed by atoms with Gasteiger partial charge in [0.25, 0.3) is 0 Å². The van der Waals surface area contributed by atoms with Crippen LogP contribution in [0.2, 0.25) is 0 Å². The first-order valence-corrected chi connectivity index (χ1v) is 5.98. The van der Waals surface area contributed by atoms with E-state index >= 15 is 0 Å². The Bertz CT molecular complexity index is 419. The van der Waals surface area contributed by atoms with E-state index in [1.165, 1.54) is 6.07 Å². The number of carboxylic acid groups (broad SMARTS) is 1. The van der Waals surface area contributed by atoms with Gasteiger partial charge in [-0.15, -0.1) is 0 Å². The molecule has 0 aliphatic rings. The molecule has 5 nitrogen and oxygen atoms in total. The molecule has 1 aromatic carbocycles. The largest absolute Gasteiger partial charge is 0.478 e. The van der Waals surface area contributed by atoms with Crippen molar-refractivity contribution in [2.24, 2.45) is 0 Å². The van der Waals surface area contributed by atoms with Crippen molar-refractivity contribution in [3.63, 3.8) is 0 Å². The number of nitrogen functional groups attached to an aromatic ring is 1. The van der Waals surface area contributed by atoms with Crippen LogP contribution in [0.25, 0.3) is 0 Å². The van der Waals surface area contributed by atoms with Gasteiger partial charge in [-0.2, -0.15) is 0 Å². The number of carbonyl (C=O) groups is 1. The molecule has 5 heteroatoms. The molecule has 100 valence electrons. The molecular weight excluding hydrogens is 230 g/mol. The summed E-state index contributed by atoms with van der Waals surface area (Å²) in [6, 6.07) is 5.22. The molecule has 0 amide bonds. The Morgan fingerprint density at radius 1 is 1.50 bits per heavy atom. The number of hydrogen-bond acceptors (Lipinski definition) is 4. The molecule has 1 rings (SSSR count). The van der Waals surface area contributed by atoms with Gasteiger partial charge in [-0.1, -0.05) is 0 Å². The number of anilines is 2. The van der Waals surface area contributed by atoms with Gasteiger partial charge in [-0.3, -0.25) is 0 Å². The van der Waals surface area contributed by atoms with Crippen LogP contribution in [0.5, 0.6) is 0 Å². The lowest BCUT2D eigenvalue weighted by molar-refractivity contribution is 0.0697. The maximum atomic E-state index is 10.8. The van der Waals surface area contributed by atoms with Gasteiger partial charge in [0.2, 0.25) is 0 Å². The van der Waals surface area contributed by atoms with Crippen molar-refractivity contribution in [3.05, 3.63) is 23.8 Å². The highest BCUT2D eigenvalue weighted by atomic mass is 16.4. The van der Waals surface area contributed by atoms with E-state index in [2.05, 4.69) is 31.1 Å². The average molecular weight is 251 g/mol. The van der Waals surface area contributed by atoms with Crippen LogP contribution in [-0.2, 0) is 0 Å². The van der Waals surface area contributed by atoms with Crippen LogP contribution < -0.4 is 11.1 Å². The normalized spacial score (nSPS) is 10.9. The van der Waals surface area contributed by atoms with Crippen molar-refractivity contribution in [2.75, 3.05) is 31.2 Å². The van der Waals surface area contributed by atoms with Crippen molar-refractivity contribution in [3.8, 4) is 0 Å². The Morgan fingerprint density at radius 3 is 2.67 bits per heavy atom. The van der Waals surface area contributed by atoms with Crippen LogP contribution in [0.1, 0.15) is 24.2 Å². The van der Waals surface area contributed by atoms with E-state index in [-0.39, 0.29) is 5.56 Å². The molecule has 1 aromatic rings. The number of benzene rings is 1. The van der Waals surface area contributed by atoms with Crippen LogP contribution in [0.3, 0.4) is 0 Å². The standard InChI is InChI=1S/C13H21N3O2/c1-9(2)16(3)7-6-15-12-5-4-10(13(17)18)8-11(12)14/h4-5,8-9,15H,6-7,14H2,1-3H3,(H,17,18). The highest BCUT2D eigenvalue weighted by Gasteiger charge is 2.07. The quantitative estimate of drug-likeness (QED) is 0.671. The Morgan fingerprint density at radius 2 is 2.17 bits per heavy atom. The average Bonchev–Trinajstić information content (AvgIpc) is 2.30. The van der Waals surface area contributed by atoms with Crippen molar-refractivity contribution >= 4 is 17.3 Å². The van der Waals surface area contributed by atoms with Gasteiger partial charge in [0.1, 0.15) is 0 Å². The summed E-state index contributed by atoms with van der Waals surface area (Å²) >= 11 is 0. The number of carboxylic acids is 1. The highest BCUT2D eigenvalue weighted by Crippen LogP contribution is 2.19. The molecule has 0 radical (unpaired) electrons. The number of nitrogens with zero attached hydrogens (tertiary/aromatic N) is 1. The topological polar surface area (TPSA) is 78.6 Å². The molecule has 0 aromatic heterocycles. The molecule has 0 aliphatic heterocycles. The third-order valence-corrected chi connectivity index (χ3v) is 2.96. The second-order valence-electron chi connectivity index (χ2n) is 4.61. The summed E-state index contributed by atoms with van der Waals surface area (Å²) in [5.41, 5.74) is 7.24. The molecule has 0 saturated heterocycles. The van der Waals surface area contributed by atoms with Gasteiger partial charge in [0.15, 0.2) is 0 Å². The summed E-state index contributed by atoms with van der Waals surface area (Å²) in [5, 5.41) is 12.0. The molecule has 0 bridgehead atoms. The first kappa shape index (κ1) is 14.3. The van der Waals surface area contributed by atoms with Gasteiger partial charge in [0, 0.05) is 19.1 Å². The van der Waals surface area contributed by atoms with Gasteiger partial charge >= 0.3 is 5.97 Å². The van der Waals surface area contributed by atoms with E-state index in [1.807, 2.05) is 0 Å². The molecule has 0 atom stereocenters. The van der Waals surface area contributed by atoms with Crippen molar-refractivity contribution < 1.29 is 9.90 Å². The zero-order chi connectivity index (χ0) is 13.7. The summed E-state index contributed by atoms with van der Waals surface area (Å²) in [5.74, 6) is -0.965. The molecule has 0 aliphatic carbocycles. The van der Waals surface area contributed by atoms with Gasteiger partial charge < -0.3 is 21.1 Å². The van der Waals surface area contributed by atoms with Crippen LogP contribution >= 0.6 is 0 Å². The van der Waals surface area contributed by atoms with Gasteiger partial charge in [-0.05, 0) is 39.1 Å². The van der Waals surface area contributed by atoms with Crippen LogP contribution in [0.15, 0.2) is 18.2 Å². The van der Waals surface area contributed by atoms with Crippen molar-refractivity contribution in [2.45, 2.75) is 19.9 Å². The molecule has 0 heterocycles. The number of hydrogen-bond donors (Lipinski definition) is 3. The molecule has 0 unspecified atom stereocenters. The maximum absolute atomic E-state index is 10.8. The van der Waals surface area contributed by atoms with Crippen LogP contribution in [-0.4, -0.2) is 42.2 Å². The van der Waals surface area contributed by atoms with Crippen molar-refractivity contribution in [1.82, 2.24) is 4.90 Å². The molecule has 0 spiro atoms. The molecular formula is C13H21N3O2. The smallest absolute Gasteiger partial charge is 0.335 e. The second kappa shape index (κ2) is 6.26. The zero-order valence-corrected chi connectivity index (χ0v) is 11.1.